The van der Waals surface area contributed by atoms with Gasteiger partial charge in [-0.2, -0.15) is 0 Å². The number of rotatable bonds is 8. The van der Waals surface area contributed by atoms with E-state index in [-0.39, 0.29) is 17.2 Å². The predicted octanol–water partition coefficient (Wildman–Crippen LogP) is 3.96. The molecule has 2 aromatic carbocycles. The van der Waals surface area contributed by atoms with Crippen LogP contribution in [-0.4, -0.2) is 36.3 Å². The number of carbonyl (C=O) groups is 1. The Bertz CT molecular complexity index is 841. The molecule has 1 unspecified atom stereocenters. The molecule has 6 nitrogen and oxygen atoms in total. The van der Waals surface area contributed by atoms with Crippen molar-refractivity contribution in [3.63, 3.8) is 0 Å². The molecule has 1 amide bonds. The molecule has 0 saturated carbocycles. The summed E-state index contributed by atoms with van der Waals surface area (Å²) in [6, 6.07) is 20.3. The topological polar surface area (TPSA) is 63.9 Å². The van der Waals surface area contributed by atoms with Crippen LogP contribution in [0.2, 0.25) is 0 Å². The van der Waals surface area contributed by atoms with Gasteiger partial charge in [-0.05, 0) is 42.3 Å². The maximum Gasteiger partial charge on any atom is 0.236 e. The Morgan fingerprint density at radius 1 is 0.964 bits per heavy atom. The van der Waals surface area contributed by atoms with Crippen molar-refractivity contribution in [3.8, 4) is 0 Å². The number of hydrogen-bond acceptors (Lipinski definition) is 5. The molecular formula is C21H25N5OS. The highest BCUT2D eigenvalue weighted by molar-refractivity contribution is 8.00. The maximum absolute atomic E-state index is 13.3. The van der Waals surface area contributed by atoms with Gasteiger partial charge >= 0.3 is 0 Å². The average molecular weight is 396 g/mol. The lowest BCUT2D eigenvalue weighted by Gasteiger charge is -2.26. The molecule has 0 aliphatic heterocycles. The molecule has 3 rings (SSSR count). The number of aromatic nitrogens is 4. The molecule has 1 atom stereocenters. The van der Waals surface area contributed by atoms with Crippen LogP contribution in [0.5, 0.6) is 0 Å². The van der Waals surface area contributed by atoms with E-state index >= 15 is 0 Å². The highest BCUT2D eigenvalue weighted by Crippen LogP contribution is 2.25. The van der Waals surface area contributed by atoms with Crippen LogP contribution in [0.4, 0.5) is 0 Å². The number of tetrazole rings is 1. The maximum atomic E-state index is 13.3. The van der Waals surface area contributed by atoms with Gasteiger partial charge in [-0.3, -0.25) is 4.79 Å². The van der Waals surface area contributed by atoms with Crippen molar-refractivity contribution in [2.24, 2.45) is 0 Å². The molecule has 0 aliphatic carbocycles. The van der Waals surface area contributed by atoms with Crippen LogP contribution in [0.25, 0.3) is 0 Å². The van der Waals surface area contributed by atoms with Gasteiger partial charge in [0.1, 0.15) is 0 Å². The molecule has 0 bridgehead atoms. The first kappa shape index (κ1) is 20.1. The van der Waals surface area contributed by atoms with Crippen molar-refractivity contribution in [3.05, 3.63) is 71.8 Å². The number of benzene rings is 2. The summed E-state index contributed by atoms with van der Waals surface area (Å²) in [7, 11) is 0. The van der Waals surface area contributed by atoms with E-state index in [9.17, 15) is 4.79 Å². The van der Waals surface area contributed by atoms with Crippen molar-refractivity contribution < 1.29 is 4.79 Å². The third-order valence-electron chi connectivity index (χ3n) is 4.33. The summed E-state index contributed by atoms with van der Waals surface area (Å²) in [6.45, 7) is 7.08. The molecule has 1 heterocycles. The number of thioether (sulfide) groups is 1. The van der Waals surface area contributed by atoms with Crippen LogP contribution >= 0.6 is 11.8 Å². The van der Waals surface area contributed by atoms with E-state index in [1.807, 2.05) is 86.3 Å². The Morgan fingerprint density at radius 2 is 1.50 bits per heavy atom. The lowest BCUT2D eigenvalue weighted by atomic mass is 10.1. The van der Waals surface area contributed by atoms with E-state index in [0.717, 1.165) is 11.1 Å². The van der Waals surface area contributed by atoms with Gasteiger partial charge in [0.2, 0.25) is 11.1 Å². The number of carbonyl (C=O) groups excluding carboxylic acids is 1. The Hall–Kier alpha value is -2.67. The third-order valence-corrected chi connectivity index (χ3v) is 5.36. The molecule has 0 radical (unpaired) electrons. The number of hydrogen-bond donors (Lipinski definition) is 0. The summed E-state index contributed by atoms with van der Waals surface area (Å²) < 4.78 is 1.74. The van der Waals surface area contributed by atoms with Crippen molar-refractivity contribution >= 4 is 17.7 Å². The summed E-state index contributed by atoms with van der Waals surface area (Å²) in [6.07, 6.45) is 0. The lowest BCUT2D eigenvalue weighted by molar-refractivity contribution is -0.131. The Balaban J connectivity index is 1.77. The molecule has 0 aliphatic rings. The minimum atomic E-state index is -0.295. The molecular weight excluding hydrogens is 370 g/mol. The molecule has 0 spiro atoms. The fraction of sp³-hybridized carbons (Fsp3) is 0.333. The summed E-state index contributed by atoms with van der Waals surface area (Å²) >= 11 is 1.40. The standard InChI is InChI=1S/C21H25N5OS/c1-16(2)26-21(22-23-24-26)28-17(3)20(27)25(14-18-10-6-4-7-11-18)15-19-12-8-5-9-13-19/h4-13,16-17H,14-15H2,1-3H3. The quantitative estimate of drug-likeness (QED) is 0.540. The number of nitrogens with zero attached hydrogens (tertiary/aromatic N) is 5. The van der Waals surface area contributed by atoms with Crippen LogP contribution in [0.15, 0.2) is 65.8 Å². The Morgan fingerprint density at radius 3 is 2.00 bits per heavy atom. The Labute approximate surface area is 169 Å². The molecule has 3 aromatic rings. The zero-order valence-electron chi connectivity index (χ0n) is 16.4. The first-order chi connectivity index (χ1) is 13.5. The highest BCUT2D eigenvalue weighted by atomic mass is 32.2. The molecule has 1 aromatic heterocycles. The average Bonchev–Trinajstić information content (AvgIpc) is 3.17. The SMILES string of the molecule is CC(Sc1nnnn1C(C)C)C(=O)N(Cc1ccccc1)Cc1ccccc1. The fourth-order valence-electron chi connectivity index (χ4n) is 2.87. The molecule has 0 fully saturated rings. The monoisotopic (exact) mass is 395 g/mol. The number of amides is 1. The van der Waals surface area contributed by atoms with Gasteiger partial charge in [0.15, 0.2) is 0 Å². The molecule has 0 N–H and O–H groups in total. The van der Waals surface area contributed by atoms with Crippen LogP contribution in [0, 0.1) is 0 Å². The van der Waals surface area contributed by atoms with Crippen molar-refractivity contribution in [2.45, 2.75) is 50.3 Å². The van der Waals surface area contributed by atoms with Gasteiger partial charge in [0.25, 0.3) is 0 Å². The highest BCUT2D eigenvalue weighted by Gasteiger charge is 2.24. The van der Waals surface area contributed by atoms with Crippen molar-refractivity contribution in [1.29, 1.82) is 0 Å². The van der Waals surface area contributed by atoms with Crippen molar-refractivity contribution in [1.82, 2.24) is 25.1 Å². The van der Waals surface area contributed by atoms with Gasteiger partial charge in [0.05, 0.1) is 11.3 Å². The van der Waals surface area contributed by atoms with E-state index in [1.54, 1.807) is 4.68 Å². The zero-order valence-corrected chi connectivity index (χ0v) is 17.2. The fourth-order valence-corrected chi connectivity index (χ4v) is 3.88. The minimum absolute atomic E-state index is 0.0658. The lowest BCUT2D eigenvalue weighted by Crippen LogP contribution is -2.35. The second kappa shape index (κ2) is 9.50. The van der Waals surface area contributed by atoms with Gasteiger partial charge in [-0.15, -0.1) is 5.10 Å². The van der Waals surface area contributed by atoms with Crippen LogP contribution in [0.3, 0.4) is 0 Å². The first-order valence-corrected chi connectivity index (χ1v) is 10.2. The van der Waals surface area contributed by atoms with E-state index in [0.29, 0.717) is 18.2 Å². The van der Waals surface area contributed by atoms with E-state index in [2.05, 4.69) is 15.5 Å². The smallest absolute Gasteiger partial charge is 0.236 e. The van der Waals surface area contributed by atoms with E-state index < -0.39 is 0 Å². The van der Waals surface area contributed by atoms with Gasteiger partial charge in [-0.25, -0.2) is 4.68 Å². The van der Waals surface area contributed by atoms with Crippen LogP contribution in [0.1, 0.15) is 37.9 Å². The second-order valence-corrected chi connectivity index (χ2v) is 8.23. The molecule has 0 saturated heterocycles. The Kier molecular flexibility index (Phi) is 6.81. The third kappa shape index (κ3) is 5.19. The zero-order chi connectivity index (χ0) is 19.9. The summed E-state index contributed by atoms with van der Waals surface area (Å²) in [5.74, 6) is 0.0658. The largest absolute Gasteiger partial charge is 0.333 e. The molecule has 28 heavy (non-hydrogen) atoms. The molecule has 7 heteroatoms. The van der Waals surface area contributed by atoms with Gasteiger partial charge in [-0.1, -0.05) is 72.4 Å². The summed E-state index contributed by atoms with van der Waals surface area (Å²) in [5.41, 5.74) is 2.21. The van der Waals surface area contributed by atoms with E-state index in [4.69, 9.17) is 0 Å². The normalized spacial score (nSPS) is 12.1. The van der Waals surface area contributed by atoms with Crippen LogP contribution in [-0.2, 0) is 17.9 Å². The van der Waals surface area contributed by atoms with Gasteiger partial charge in [0, 0.05) is 13.1 Å². The summed E-state index contributed by atoms with van der Waals surface area (Å²) in [4.78, 5) is 15.2. The predicted molar refractivity (Wildman–Crippen MR) is 111 cm³/mol. The second-order valence-electron chi connectivity index (χ2n) is 6.93. The summed E-state index contributed by atoms with van der Waals surface area (Å²) in [5, 5.41) is 12.2. The van der Waals surface area contributed by atoms with Crippen molar-refractivity contribution in [2.75, 3.05) is 0 Å². The van der Waals surface area contributed by atoms with Crippen LogP contribution < -0.4 is 0 Å². The molecule has 146 valence electrons. The van der Waals surface area contributed by atoms with Gasteiger partial charge < -0.3 is 4.90 Å². The van der Waals surface area contributed by atoms with E-state index in [1.165, 1.54) is 11.8 Å². The minimum Gasteiger partial charge on any atom is -0.333 e. The first-order valence-electron chi connectivity index (χ1n) is 9.35.